The van der Waals surface area contributed by atoms with E-state index in [1.165, 1.54) is 0 Å². The summed E-state index contributed by atoms with van der Waals surface area (Å²) in [5.74, 6) is 1.26. The van der Waals surface area contributed by atoms with Crippen molar-refractivity contribution in [2.24, 2.45) is 0 Å². The predicted molar refractivity (Wildman–Crippen MR) is 85.4 cm³/mol. The van der Waals surface area contributed by atoms with E-state index in [4.69, 9.17) is 9.47 Å². The standard InChI is InChI=1S/C16H22N4O3/c1-16(2,3)23-15(21)20-9-5-6-11(20)14-17-10-7-8-12(22-4)18-13(10)19-14/h7-8,11H,5-6,9H2,1-4H3,(H,17,18,19)/t11-/m1/s1. The van der Waals surface area contributed by atoms with E-state index < -0.39 is 5.60 Å². The van der Waals surface area contributed by atoms with Crippen LogP contribution in [0.2, 0.25) is 0 Å². The maximum atomic E-state index is 12.4. The first-order valence-electron chi connectivity index (χ1n) is 7.77. The van der Waals surface area contributed by atoms with Gasteiger partial charge in [0, 0.05) is 12.6 Å². The Hall–Kier alpha value is -2.31. The summed E-state index contributed by atoms with van der Waals surface area (Å²) in [6.07, 6.45) is 1.49. The van der Waals surface area contributed by atoms with Gasteiger partial charge in [-0.25, -0.2) is 9.78 Å². The van der Waals surface area contributed by atoms with Gasteiger partial charge in [0.25, 0.3) is 0 Å². The zero-order valence-electron chi connectivity index (χ0n) is 13.9. The molecule has 1 atom stereocenters. The van der Waals surface area contributed by atoms with Crippen LogP contribution in [0.1, 0.15) is 45.5 Å². The SMILES string of the molecule is COc1ccc2[nH]c([C@H]3CCCN3C(=O)OC(C)(C)C)nc2n1. The molecule has 1 aliphatic heterocycles. The maximum absolute atomic E-state index is 12.4. The molecule has 0 unspecified atom stereocenters. The Morgan fingerprint density at radius 2 is 2.13 bits per heavy atom. The number of hydrogen-bond donors (Lipinski definition) is 1. The second-order valence-corrected chi connectivity index (χ2v) is 6.68. The molecule has 0 radical (unpaired) electrons. The lowest BCUT2D eigenvalue weighted by molar-refractivity contribution is 0.0219. The Kier molecular flexibility index (Phi) is 3.87. The molecule has 0 aromatic carbocycles. The number of likely N-dealkylation sites (tertiary alicyclic amines) is 1. The largest absolute Gasteiger partial charge is 0.481 e. The van der Waals surface area contributed by atoms with Crippen LogP contribution in [0.4, 0.5) is 4.79 Å². The Morgan fingerprint density at radius 3 is 2.83 bits per heavy atom. The van der Waals surface area contributed by atoms with Crippen molar-refractivity contribution in [2.75, 3.05) is 13.7 Å². The molecule has 7 heteroatoms. The highest BCUT2D eigenvalue weighted by atomic mass is 16.6. The van der Waals surface area contributed by atoms with E-state index in [9.17, 15) is 4.79 Å². The number of ether oxygens (including phenoxy) is 2. The summed E-state index contributed by atoms with van der Waals surface area (Å²) in [6, 6.07) is 3.56. The molecule has 3 heterocycles. The molecule has 23 heavy (non-hydrogen) atoms. The third-order valence-electron chi connectivity index (χ3n) is 3.74. The van der Waals surface area contributed by atoms with Gasteiger partial charge in [-0.1, -0.05) is 0 Å². The van der Waals surface area contributed by atoms with Gasteiger partial charge in [-0.05, 0) is 39.7 Å². The molecular weight excluding hydrogens is 296 g/mol. The van der Waals surface area contributed by atoms with Crippen molar-refractivity contribution in [1.82, 2.24) is 19.9 Å². The molecule has 1 fully saturated rings. The van der Waals surface area contributed by atoms with Crippen molar-refractivity contribution in [1.29, 1.82) is 0 Å². The highest BCUT2D eigenvalue weighted by molar-refractivity contribution is 5.72. The van der Waals surface area contributed by atoms with Crippen LogP contribution in [0.5, 0.6) is 5.88 Å². The molecule has 1 N–H and O–H groups in total. The van der Waals surface area contributed by atoms with Crippen LogP contribution in [0, 0.1) is 0 Å². The van der Waals surface area contributed by atoms with Crippen molar-refractivity contribution in [3.8, 4) is 5.88 Å². The number of nitrogens with zero attached hydrogens (tertiary/aromatic N) is 3. The van der Waals surface area contributed by atoms with Gasteiger partial charge in [0.15, 0.2) is 5.65 Å². The minimum Gasteiger partial charge on any atom is -0.481 e. The number of carbonyl (C=O) groups is 1. The van der Waals surface area contributed by atoms with Crippen LogP contribution in [-0.2, 0) is 4.74 Å². The molecule has 7 nitrogen and oxygen atoms in total. The molecule has 2 aromatic heterocycles. The lowest BCUT2D eigenvalue weighted by Crippen LogP contribution is -2.36. The smallest absolute Gasteiger partial charge is 0.410 e. The number of hydrogen-bond acceptors (Lipinski definition) is 5. The molecule has 0 spiro atoms. The zero-order valence-corrected chi connectivity index (χ0v) is 13.9. The fourth-order valence-electron chi connectivity index (χ4n) is 2.76. The van der Waals surface area contributed by atoms with E-state index in [1.54, 1.807) is 18.1 Å². The summed E-state index contributed by atoms with van der Waals surface area (Å²) < 4.78 is 10.6. The Bertz CT molecular complexity index is 720. The fraction of sp³-hybridized carbons (Fsp3) is 0.562. The Morgan fingerprint density at radius 1 is 1.35 bits per heavy atom. The second-order valence-electron chi connectivity index (χ2n) is 6.68. The number of carbonyl (C=O) groups excluding carboxylic acids is 1. The van der Waals surface area contributed by atoms with Crippen LogP contribution in [0.25, 0.3) is 11.2 Å². The minimum absolute atomic E-state index is 0.106. The third-order valence-corrected chi connectivity index (χ3v) is 3.74. The normalized spacial score (nSPS) is 18.4. The van der Waals surface area contributed by atoms with E-state index in [1.807, 2.05) is 26.8 Å². The molecule has 2 aromatic rings. The zero-order chi connectivity index (χ0) is 16.6. The molecule has 0 aliphatic carbocycles. The first-order chi connectivity index (χ1) is 10.9. The number of H-pyrrole nitrogens is 1. The van der Waals surface area contributed by atoms with Crippen molar-refractivity contribution in [2.45, 2.75) is 45.3 Å². The predicted octanol–water partition coefficient (Wildman–Crippen LogP) is 3.04. The molecule has 1 amide bonds. The number of methoxy groups -OCH3 is 1. The molecular formula is C16H22N4O3. The monoisotopic (exact) mass is 318 g/mol. The van der Waals surface area contributed by atoms with Gasteiger partial charge in [0.2, 0.25) is 5.88 Å². The Labute approximate surface area is 135 Å². The number of pyridine rings is 1. The number of aromatic amines is 1. The number of aromatic nitrogens is 3. The number of imidazole rings is 1. The third kappa shape index (κ3) is 3.23. The van der Waals surface area contributed by atoms with E-state index >= 15 is 0 Å². The first-order valence-corrected chi connectivity index (χ1v) is 7.77. The summed E-state index contributed by atoms with van der Waals surface area (Å²) >= 11 is 0. The molecule has 1 saturated heterocycles. The maximum Gasteiger partial charge on any atom is 0.410 e. The van der Waals surface area contributed by atoms with Crippen LogP contribution in [-0.4, -0.2) is 45.2 Å². The fourth-order valence-corrected chi connectivity index (χ4v) is 2.76. The van der Waals surface area contributed by atoms with Crippen LogP contribution in [0.3, 0.4) is 0 Å². The average Bonchev–Trinajstić information content (AvgIpc) is 3.10. The number of nitrogens with one attached hydrogen (secondary N) is 1. The summed E-state index contributed by atoms with van der Waals surface area (Å²) in [4.78, 5) is 26.2. The van der Waals surface area contributed by atoms with Gasteiger partial charge in [0.1, 0.15) is 11.4 Å². The summed E-state index contributed by atoms with van der Waals surface area (Å²) in [6.45, 7) is 6.28. The minimum atomic E-state index is -0.507. The van der Waals surface area contributed by atoms with Gasteiger partial charge >= 0.3 is 6.09 Å². The number of amides is 1. The highest BCUT2D eigenvalue weighted by Crippen LogP contribution is 2.32. The number of rotatable bonds is 2. The van der Waals surface area contributed by atoms with Gasteiger partial charge in [-0.3, -0.25) is 4.90 Å². The van der Waals surface area contributed by atoms with E-state index in [0.29, 0.717) is 18.1 Å². The van der Waals surface area contributed by atoms with Crippen molar-refractivity contribution < 1.29 is 14.3 Å². The quantitative estimate of drug-likeness (QED) is 0.920. The van der Waals surface area contributed by atoms with Crippen molar-refractivity contribution in [3.63, 3.8) is 0 Å². The number of fused-ring (bicyclic) bond motifs is 1. The molecule has 1 aliphatic rings. The topological polar surface area (TPSA) is 80.3 Å². The van der Waals surface area contributed by atoms with Gasteiger partial charge in [0.05, 0.1) is 18.7 Å². The summed E-state index contributed by atoms with van der Waals surface area (Å²) in [5, 5.41) is 0. The lowest BCUT2D eigenvalue weighted by atomic mass is 10.2. The van der Waals surface area contributed by atoms with E-state index in [2.05, 4.69) is 15.0 Å². The second kappa shape index (κ2) is 5.72. The van der Waals surface area contributed by atoms with Gasteiger partial charge in [-0.2, -0.15) is 4.98 Å². The van der Waals surface area contributed by atoms with Crippen LogP contribution in [0.15, 0.2) is 12.1 Å². The first kappa shape index (κ1) is 15.6. The molecule has 124 valence electrons. The molecule has 0 bridgehead atoms. The van der Waals surface area contributed by atoms with E-state index in [-0.39, 0.29) is 12.1 Å². The molecule has 0 saturated carbocycles. The van der Waals surface area contributed by atoms with Crippen molar-refractivity contribution >= 4 is 17.3 Å². The van der Waals surface area contributed by atoms with Crippen molar-refractivity contribution in [3.05, 3.63) is 18.0 Å². The van der Waals surface area contributed by atoms with E-state index in [0.717, 1.165) is 24.2 Å². The Balaban J connectivity index is 1.86. The van der Waals surface area contributed by atoms with Crippen LogP contribution < -0.4 is 4.74 Å². The van der Waals surface area contributed by atoms with Crippen LogP contribution >= 0.6 is 0 Å². The molecule has 3 rings (SSSR count). The summed E-state index contributed by atoms with van der Waals surface area (Å²) in [7, 11) is 1.57. The van der Waals surface area contributed by atoms with Gasteiger partial charge < -0.3 is 14.5 Å². The van der Waals surface area contributed by atoms with Gasteiger partial charge in [-0.15, -0.1) is 0 Å². The average molecular weight is 318 g/mol. The summed E-state index contributed by atoms with van der Waals surface area (Å²) in [5.41, 5.74) is 0.916. The lowest BCUT2D eigenvalue weighted by Gasteiger charge is -2.27. The highest BCUT2D eigenvalue weighted by Gasteiger charge is 2.35.